The van der Waals surface area contributed by atoms with Crippen molar-refractivity contribution in [3.05, 3.63) is 52.5 Å². The highest BCUT2D eigenvalue weighted by molar-refractivity contribution is 7.92. The zero-order valence-electron chi connectivity index (χ0n) is 16.0. The second-order valence-corrected chi connectivity index (χ2v) is 9.00. The first-order valence-electron chi connectivity index (χ1n) is 9.10. The summed E-state index contributed by atoms with van der Waals surface area (Å²) in [5.41, 5.74) is 3.16. The van der Waals surface area contributed by atoms with E-state index in [1.165, 1.54) is 6.07 Å². The molecular formula is C20H23ClN2O4S. The highest BCUT2D eigenvalue weighted by Gasteiger charge is 2.35. The Balaban J connectivity index is 1.93. The lowest BCUT2D eigenvalue weighted by atomic mass is 10.0. The summed E-state index contributed by atoms with van der Waals surface area (Å²) in [6.07, 6.45) is 1.66. The van der Waals surface area contributed by atoms with Gasteiger partial charge in [-0.05, 0) is 42.2 Å². The Bertz CT molecular complexity index is 985. The van der Waals surface area contributed by atoms with Crippen LogP contribution in [-0.4, -0.2) is 33.2 Å². The molecule has 1 N–H and O–H groups in total. The van der Waals surface area contributed by atoms with Gasteiger partial charge in [-0.15, -0.1) is 0 Å². The predicted octanol–water partition coefficient (Wildman–Crippen LogP) is 3.63. The third-order valence-corrected chi connectivity index (χ3v) is 6.11. The number of carbonyl (C=O) groups is 1. The molecule has 0 fully saturated rings. The molecule has 2 aromatic carbocycles. The Labute approximate surface area is 170 Å². The Morgan fingerprint density at radius 1 is 1.21 bits per heavy atom. The molecule has 28 heavy (non-hydrogen) atoms. The van der Waals surface area contributed by atoms with Crippen molar-refractivity contribution in [3.63, 3.8) is 0 Å². The van der Waals surface area contributed by atoms with Crippen LogP contribution in [0.5, 0.6) is 5.75 Å². The van der Waals surface area contributed by atoms with Gasteiger partial charge in [-0.25, -0.2) is 8.42 Å². The van der Waals surface area contributed by atoms with Gasteiger partial charge in [0, 0.05) is 10.7 Å². The van der Waals surface area contributed by atoms with E-state index in [2.05, 4.69) is 5.32 Å². The number of aryl methyl sites for hydroxylation is 2. The number of amides is 1. The van der Waals surface area contributed by atoms with Gasteiger partial charge in [-0.2, -0.15) is 0 Å². The van der Waals surface area contributed by atoms with Crippen LogP contribution in [0.3, 0.4) is 0 Å². The molecule has 0 bridgehead atoms. The molecule has 1 heterocycles. The van der Waals surface area contributed by atoms with Crippen LogP contribution in [0.15, 0.2) is 36.4 Å². The minimum absolute atomic E-state index is 0.117. The average Bonchev–Trinajstić information content (AvgIpc) is 2.66. The standard InChI is InChI=1S/C20H23ClN2O4S/c1-4-13-7-6-8-14(5-2)19(13)22-20(24)18-12-23(28(3,25)26)16-11-15(21)9-10-17(16)27-18/h6-11,18H,4-5,12H2,1-3H3,(H,22,24)/t18-/m1/s1. The van der Waals surface area contributed by atoms with Gasteiger partial charge in [-0.3, -0.25) is 9.10 Å². The molecular weight excluding hydrogens is 400 g/mol. The topological polar surface area (TPSA) is 75.7 Å². The fourth-order valence-corrected chi connectivity index (χ4v) is 4.35. The normalized spacial score (nSPS) is 16.3. The van der Waals surface area contributed by atoms with Crippen molar-refractivity contribution < 1.29 is 17.9 Å². The summed E-state index contributed by atoms with van der Waals surface area (Å²) in [6, 6.07) is 10.6. The van der Waals surface area contributed by atoms with Gasteiger partial charge >= 0.3 is 0 Å². The second-order valence-electron chi connectivity index (χ2n) is 6.66. The monoisotopic (exact) mass is 422 g/mol. The van der Waals surface area contributed by atoms with E-state index in [9.17, 15) is 13.2 Å². The molecule has 0 saturated heterocycles. The number of rotatable bonds is 5. The van der Waals surface area contributed by atoms with Crippen molar-refractivity contribution in [2.24, 2.45) is 0 Å². The number of benzene rings is 2. The van der Waals surface area contributed by atoms with Crippen LogP contribution in [0.4, 0.5) is 11.4 Å². The molecule has 6 nitrogen and oxygen atoms in total. The number of hydrogen-bond donors (Lipinski definition) is 1. The molecule has 2 aromatic rings. The number of ether oxygens (including phenoxy) is 1. The number of carbonyl (C=O) groups excluding carboxylic acids is 1. The minimum Gasteiger partial charge on any atom is -0.476 e. The zero-order valence-corrected chi connectivity index (χ0v) is 17.6. The van der Waals surface area contributed by atoms with Crippen molar-refractivity contribution >= 4 is 38.9 Å². The van der Waals surface area contributed by atoms with Gasteiger partial charge in [-0.1, -0.05) is 43.6 Å². The quantitative estimate of drug-likeness (QED) is 0.798. The number of hydrogen-bond acceptors (Lipinski definition) is 4. The van der Waals surface area contributed by atoms with Gasteiger partial charge in [0.25, 0.3) is 5.91 Å². The van der Waals surface area contributed by atoms with E-state index in [-0.39, 0.29) is 12.5 Å². The molecule has 0 spiro atoms. The van der Waals surface area contributed by atoms with E-state index in [0.29, 0.717) is 16.5 Å². The van der Waals surface area contributed by atoms with Gasteiger partial charge in [0.2, 0.25) is 10.0 Å². The molecule has 1 amide bonds. The summed E-state index contributed by atoms with van der Waals surface area (Å²) >= 11 is 6.01. The molecule has 1 atom stereocenters. The number of sulfonamides is 1. The Hall–Kier alpha value is -2.25. The summed E-state index contributed by atoms with van der Waals surface area (Å²) in [4.78, 5) is 13.0. The molecule has 0 aliphatic carbocycles. The van der Waals surface area contributed by atoms with Gasteiger partial charge in [0.05, 0.1) is 18.5 Å². The predicted molar refractivity (Wildman–Crippen MR) is 112 cm³/mol. The number of anilines is 2. The molecule has 1 aliphatic heterocycles. The van der Waals surface area contributed by atoms with Gasteiger partial charge in [0.1, 0.15) is 5.75 Å². The van der Waals surface area contributed by atoms with Crippen LogP contribution in [0.25, 0.3) is 0 Å². The molecule has 0 unspecified atom stereocenters. The highest BCUT2D eigenvalue weighted by atomic mass is 35.5. The molecule has 150 valence electrons. The first-order chi connectivity index (χ1) is 13.2. The maximum Gasteiger partial charge on any atom is 0.267 e. The molecule has 0 radical (unpaired) electrons. The van der Waals surface area contributed by atoms with Gasteiger partial charge in [0.15, 0.2) is 6.10 Å². The SMILES string of the molecule is CCc1cccc(CC)c1NC(=O)[C@H]1CN(S(C)(=O)=O)c2cc(Cl)ccc2O1. The first kappa shape index (κ1) is 20.5. The molecule has 3 rings (SSSR count). The van der Waals surface area contributed by atoms with E-state index in [1.54, 1.807) is 12.1 Å². The van der Waals surface area contributed by atoms with Crippen LogP contribution in [-0.2, 0) is 27.7 Å². The Kier molecular flexibility index (Phi) is 5.86. The van der Waals surface area contributed by atoms with E-state index in [0.717, 1.165) is 40.2 Å². The first-order valence-corrected chi connectivity index (χ1v) is 11.3. The Morgan fingerprint density at radius 3 is 2.43 bits per heavy atom. The third-order valence-electron chi connectivity index (χ3n) is 4.73. The third kappa shape index (κ3) is 4.10. The molecule has 0 aromatic heterocycles. The van der Waals surface area contributed by atoms with Crippen LogP contribution in [0.2, 0.25) is 5.02 Å². The Morgan fingerprint density at radius 2 is 1.86 bits per heavy atom. The van der Waals surface area contributed by atoms with Crippen LogP contribution in [0, 0.1) is 0 Å². The van der Waals surface area contributed by atoms with Crippen LogP contribution >= 0.6 is 11.6 Å². The van der Waals surface area contributed by atoms with E-state index in [1.807, 2.05) is 32.0 Å². The number of nitrogens with one attached hydrogen (secondary N) is 1. The maximum absolute atomic E-state index is 13.0. The summed E-state index contributed by atoms with van der Waals surface area (Å²) < 4.78 is 31.5. The largest absolute Gasteiger partial charge is 0.476 e. The maximum atomic E-state index is 13.0. The molecule has 0 saturated carbocycles. The second kappa shape index (κ2) is 8.01. The highest BCUT2D eigenvalue weighted by Crippen LogP contribution is 2.37. The lowest BCUT2D eigenvalue weighted by Gasteiger charge is -2.34. The fraction of sp³-hybridized carbons (Fsp3) is 0.350. The van der Waals surface area contributed by atoms with E-state index in [4.69, 9.17) is 16.3 Å². The zero-order chi connectivity index (χ0) is 20.5. The summed E-state index contributed by atoms with van der Waals surface area (Å²) in [7, 11) is -3.61. The average molecular weight is 423 g/mol. The van der Waals surface area contributed by atoms with Crippen LogP contribution in [0.1, 0.15) is 25.0 Å². The smallest absolute Gasteiger partial charge is 0.267 e. The lowest BCUT2D eigenvalue weighted by Crippen LogP contribution is -2.48. The van der Waals surface area contributed by atoms with Crippen molar-refractivity contribution in [1.82, 2.24) is 0 Å². The minimum atomic E-state index is -3.61. The lowest BCUT2D eigenvalue weighted by molar-refractivity contribution is -0.122. The summed E-state index contributed by atoms with van der Waals surface area (Å²) in [6.45, 7) is 3.92. The van der Waals surface area contributed by atoms with E-state index >= 15 is 0 Å². The van der Waals surface area contributed by atoms with Crippen molar-refractivity contribution in [1.29, 1.82) is 0 Å². The number of fused-ring (bicyclic) bond motifs is 1. The number of nitrogens with zero attached hydrogens (tertiary/aromatic N) is 1. The van der Waals surface area contributed by atoms with E-state index < -0.39 is 16.1 Å². The number of halogens is 1. The van der Waals surface area contributed by atoms with Gasteiger partial charge < -0.3 is 10.1 Å². The van der Waals surface area contributed by atoms with Crippen molar-refractivity contribution in [3.8, 4) is 5.75 Å². The number of para-hydroxylation sites is 1. The summed E-state index contributed by atoms with van der Waals surface area (Å²) in [5.74, 6) is -0.0782. The van der Waals surface area contributed by atoms with Crippen molar-refractivity contribution in [2.45, 2.75) is 32.8 Å². The fourth-order valence-electron chi connectivity index (χ4n) is 3.28. The van der Waals surface area contributed by atoms with Crippen molar-refractivity contribution in [2.75, 3.05) is 22.4 Å². The molecule has 8 heteroatoms. The molecule has 1 aliphatic rings. The summed E-state index contributed by atoms with van der Waals surface area (Å²) in [5, 5.41) is 3.35. The van der Waals surface area contributed by atoms with Crippen LogP contribution < -0.4 is 14.4 Å².